The molecule has 0 radical (unpaired) electrons. The standard InChI is InChI=1S/C17H24ClF3N4O.HI/c1-22-16(23-14-7-8-25(11-14)12-17(19,20)21)24(2)9-10-26-15-5-3-13(18)4-6-15;/h3-6,14H,7-12H2,1-2H3,(H,22,23);1H. The van der Waals surface area contributed by atoms with Crippen molar-refractivity contribution >= 4 is 41.5 Å². The summed E-state index contributed by atoms with van der Waals surface area (Å²) >= 11 is 5.83. The number of hydrogen-bond acceptors (Lipinski definition) is 3. The van der Waals surface area contributed by atoms with E-state index in [0.29, 0.717) is 43.6 Å². The van der Waals surface area contributed by atoms with Crippen molar-refractivity contribution in [3.8, 4) is 5.75 Å². The van der Waals surface area contributed by atoms with E-state index in [9.17, 15) is 13.2 Å². The zero-order chi connectivity index (χ0) is 19.2. The fraction of sp³-hybridized carbons (Fsp3) is 0.588. The number of ether oxygens (including phenoxy) is 1. The maximum Gasteiger partial charge on any atom is 0.401 e. The van der Waals surface area contributed by atoms with Crippen molar-refractivity contribution in [2.75, 3.05) is 46.9 Å². The van der Waals surface area contributed by atoms with Crippen LogP contribution in [0.2, 0.25) is 5.02 Å². The number of likely N-dealkylation sites (tertiary alicyclic amines) is 1. The van der Waals surface area contributed by atoms with Gasteiger partial charge in [-0.25, -0.2) is 0 Å². The molecule has 1 atom stereocenters. The summed E-state index contributed by atoms with van der Waals surface area (Å²) in [5.41, 5.74) is 0. The van der Waals surface area contributed by atoms with Crippen LogP contribution in [0.25, 0.3) is 0 Å². The molecule has 1 aliphatic heterocycles. The second kappa shape index (κ2) is 11.2. The average molecular weight is 521 g/mol. The molecule has 1 heterocycles. The fourth-order valence-corrected chi connectivity index (χ4v) is 2.94. The van der Waals surface area contributed by atoms with E-state index >= 15 is 0 Å². The van der Waals surface area contributed by atoms with Gasteiger partial charge in [0.05, 0.1) is 13.1 Å². The molecule has 1 unspecified atom stereocenters. The third-order valence-corrected chi connectivity index (χ3v) is 4.34. The summed E-state index contributed by atoms with van der Waals surface area (Å²) in [6, 6.07) is 7.06. The maximum atomic E-state index is 12.5. The maximum absolute atomic E-state index is 12.5. The lowest BCUT2D eigenvalue weighted by atomic mass is 10.3. The van der Waals surface area contributed by atoms with Crippen LogP contribution in [0.5, 0.6) is 5.75 Å². The Morgan fingerprint density at radius 3 is 2.63 bits per heavy atom. The molecular weight excluding hydrogens is 496 g/mol. The third-order valence-electron chi connectivity index (χ3n) is 4.09. The summed E-state index contributed by atoms with van der Waals surface area (Å²) in [6.45, 7) is 0.949. The third kappa shape index (κ3) is 8.73. The van der Waals surface area contributed by atoms with Crippen LogP contribution in [-0.4, -0.2) is 74.9 Å². The minimum atomic E-state index is -4.16. The Morgan fingerprint density at radius 2 is 2.04 bits per heavy atom. The van der Waals surface area contributed by atoms with Crippen LogP contribution in [0.1, 0.15) is 6.42 Å². The van der Waals surface area contributed by atoms with Gasteiger partial charge in [0.15, 0.2) is 5.96 Å². The van der Waals surface area contributed by atoms with Gasteiger partial charge in [-0.15, -0.1) is 24.0 Å². The van der Waals surface area contributed by atoms with Crippen LogP contribution in [0.15, 0.2) is 29.3 Å². The van der Waals surface area contributed by atoms with Crippen LogP contribution < -0.4 is 10.1 Å². The number of nitrogens with zero attached hydrogens (tertiary/aromatic N) is 3. The van der Waals surface area contributed by atoms with Crippen LogP contribution in [0.4, 0.5) is 13.2 Å². The van der Waals surface area contributed by atoms with Crippen LogP contribution in [0, 0.1) is 0 Å². The van der Waals surface area contributed by atoms with E-state index in [1.54, 1.807) is 31.3 Å². The largest absolute Gasteiger partial charge is 0.492 e. The van der Waals surface area contributed by atoms with Crippen molar-refractivity contribution in [1.29, 1.82) is 0 Å². The first-order valence-electron chi connectivity index (χ1n) is 8.39. The molecule has 0 aliphatic carbocycles. The Bertz CT molecular complexity index is 601. The summed E-state index contributed by atoms with van der Waals surface area (Å²) < 4.78 is 43.1. The highest BCUT2D eigenvalue weighted by molar-refractivity contribution is 14.0. The molecule has 1 fully saturated rings. The molecule has 5 nitrogen and oxygen atoms in total. The molecule has 1 aliphatic rings. The number of aliphatic imine (C=N–C) groups is 1. The lowest BCUT2D eigenvalue weighted by Crippen LogP contribution is -2.46. The predicted octanol–water partition coefficient (Wildman–Crippen LogP) is 3.48. The van der Waals surface area contributed by atoms with E-state index in [2.05, 4.69) is 10.3 Å². The SMILES string of the molecule is CN=C(NC1CCN(CC(F)(F)F)C1)N(C)CCOc1ccc(Cl)cc1.I. The summed E-state index contributed by atoms with van der Waals surface area (Å²) in [4.78, 5) is 7.51. The van der Waals surface area contributed by atoms with Gasteiger partial charge < -0.3 is 15.0 Å². The predicted molar refractivity (Wildman–Crippen MR) is 112 cm³/mol. The van der Waals surface area contributed by atoms with Gasteiger partial charge in [-0.3, -0.25) is 9.89 Å². The number of halogens is 5. The number of benzene rings is 1. The van der Waals surface area contributed by atoms with Crippen molar-refractivity contribution in [3.05, 3.63) is 29.3 Å². The Morgan fingerprint density at radius 1 is 1.37 bits per heavy atom. The number of rotatable bonds is 6. The van der Waals surface area contributed by atoms with Crippen molar-refractivity contribution in [3.63, 3.8) is 0 Å². The van der Waals surface area contributed by atoms with E-state index < -0.39 is 12.7 Å². The van der Waals surface area contributed by atoms with Gasteiger partial charge in [-0.1, -0.05) is 11.6 Å². The monoisotopic (exact) mass is 520 g/mol. The first kappa shape index (κ1) is 24.1. The lowest BCUT2D eigenvalue weighted by molar-refractivity contribution is -0.143. The average Bonchev–Trinajstić information content (AvgIpc) is 2.99. The van der Waals surface area contributed by atoms with Gasteiger partial charge in [-0.2, -0.15) is 13.2 Å². The number of alkyl halides is 3. The van der Waals surface area contributed by atoms with Crippen LogP contribution in [-0.2, 0) is 0 Å². The highest BCUT2D eigenvalue weighted by atomic mass is 127. The Balaban J connectivity index is 0.00000364. The minimum Gasteiger partial charge on any atom is -0.492 e. The van der Waals surface area contributed by atoms with Gasteiger partial charge in [0, 0.05) is 38.2 Å². The first-order chi connectivity index (χ1) is 12.3. The van der Waals surface area contributed by atoms with Crippen molar-refractivity contribution < 1.29 is 17.9 Å². The Labute approximate surface area is 179 Å². The van der Waals surface area contributed by atoms with Gasteiger partial charge in [0.2, 0.25) is 0 Å². The molecule has 27 heavy (non-hydrogen) atoms. The fourth-order valence-electron chi connectivity index (χ4n) is 2.81. The molecule has 10 heteroatoms. The molecule has 1 aromatic carbocycles. The van der Waals surface area contributed by atoms with E-state index in [4.69, 9.17) is 16.3 Å². The molecule has 0 saturated carbocycles. The summed E-state index contributed by atoms with van der Waals surface area (Å²) in [5, 5.41) is 3.88. The molecule has 154 valence electrons. The molecule has 1 aromatic rings. The van der Waals surface area contributed by atoms with Gasteiger partial charge in [0.25, 0.3) is 0 Å². The molecule has 0 bridgehead atoms. The number of hydrogen-bond donors (Lipinski definition) is 1. The number of nitrogens with one attached hydrogen (secondary N) is 1. The zero-order valence-electron chi connectivity index (χ0n) is 15.3. The number of guanidine groups is 1. The van der Waals surface area contributed by atoms with Crippen LogP contribution >= 0.6 is 35.6 Å². The summed E-state index contributed by atoms with van der Waals surface area (Å²) in [5.74, 6) is 1.37. The summed E-state index contributed by atoms with van der Waals surface area (Å²) in [7, 11) is 3.52. The number of likely N-dealkylation sites (N-methyl/N-ethyl adjacent to an activating group) is 1. The lowest BCUT2D eigenvalue weighted by Gasteiger charge is -2.25. The second-order valence-electron chi connectivity index (χ2n) is 6.25. The van der Waals surface area contributed by atoms with E-state index in [-0.39, 0.29) is 30.0 Å². The molecule has 1 N–H and O–H groups in total. The van der Waals surface area contributed by atoms with Gasteiger partial charge in [0.1, 0.15) is 12.4 Å². The highest BCUT2D eigenvalue weighted by Gasteiger charge is 2.34. The second-order valence-corrected chi connectivity index (χ2v) is 6.69. The van der Waals surface area contributed by atoms with E-state index in [1.807, 2.05) is 11.9 Å². The van der Waals surface area contributed by atoms with Crippen molar-refractivity contribution in [1.82, 2.24) is 15.1 Å². The molecule has 0 amide bonds. The highest BCUT2D eigenvalue weighted by Crippen LogP contribution is 2.20. The first-order valence-corrected chi connectivity index (χ1v) is 8.76. The van der Waals surface area contributed by atoms with Crippen molar-refractivity contribution in [2.24, 2.45) is 4.99 Å². The Hall–Kier alpha value is -0.940. The van der Waals surface area contributed by atoms with Crippen LogP contribution in [0.3, 0.4) is 0 Å². The Kier molecular flexibility index (Phi) is 9.96. The van der Waals surface area contributed by atoms with E-state index in [0.717, 1.165) is 5.75 Å². The quantitative estimate of drug-likeness (QED) is 0.354. The smallest absolute Gasteiger partial charge is 0.401 e. The van der Waals surface area contributed by atoms with E-state index in [1.165, 1.54) is 4.90 Å². The molecule has 0 spiro atoms. The van der Waals surface area contributed by atoms with Gasteiger partial charge in [-0.05, 0) is 30.7 Å². The minimum absolute atomic E-state index is 0. The van der Waals surface area contributed by atoms with Gasteiger partial charge >= 0.3 is 6.18 Å². The molecular formula is C17H25ClF3IN4O. The molecule has 2 rings (SSSR count). The molecule has 1 saturated heterocycles. The zero-order valence-corrected chi connectivity index (χ0v) is 18.4. The molecule has 0 aromatic heterocycles. The van der Waals surface area contributed by atoms with Crippen molar-refractivity contribution in [2.45, 2.75) is 18.6 Å². The summed E-state index contributed by atoms with van der Waals surface area (Å²) in [6.07, 6.45) is -3.50. The topological polar surface area (TPSA) is 40.1 Å². The normalized spacial score (nSPS) is 18.1.